The SMILES string of the molecule is Cc1ccc(C)c2c1C=CC2.[Br][Zr][Br]. The predicted octanol–water partition coefficient (Wildman–Crippen LogP) is 4.56. The Hall–Kier alpha value is 0.803. The first kappa shape index (κ1) is 12.9. The van der Waals surface area contributed by atoms with Crippen LogP contribution in [-0.4, -0.2) is 0 Å². The molecule has 3 heteroatoms. The van der Waals surface area contributed by atoms with E-state index in [-0.39, 0.29) is 18.5 Å². The van der Waals surface area contributed by atoms with Gasteiger partial charge in [-0.05, 0) is 42.5 Å². The molecule has 1 aliphatic carbocycles. The molecule has 0 unspecified atom stereocenters. The number of hydrogen-bond donors (Lipinski definition) is 0. The molecule has 0 nitrogen and oxygen atoms in total. The summed E-state index contributed by atoms with van der Waals surface area (Å²) >= 11 is 6.32. The summed E-state index contributed by atoms with van der Waals surface area (Å²) in [6.45, 7) is 4.36. The minimum absolute atomic E-state index is 0.145. The van der Waals surface area contributed by atoms with Crippen molar-refractivity contribution in [3.8, 4) is 0 Å². The molecule has 2 rings (SSSR count). The van der Waals surface area contributed by atoms with Crippen molar-refractivity contribution in [3.05, 3.63) is 40.5 Å². The number of benzene rings is 1. The topological polar surface area (TPSA) is 0 Å². The van der Waals surface area contributed by atoms with Gasteiger partial charge in [0.2, 0.25) is 0 Å². The van der Waals surface area contributed by atoms with Gasteiger partial charge < -0.3 is 0 Å². The van der Waals surface area contributed by atoms with Crippen LogP contribution in [0.5, 0.6) is 0 Å². The normalized spacial score (nSPS) is 11.7. The fourth-order valence-corrected chi connectivity index (χ4v) is 1.69. The third-order valence-corrected chi connectivity index (χ3v) is 2.42. The summed E-state index contributed by atoms with van der Waals surface area (Å²) in [7, 11) is 0. The first-order valence-electron chi connectivity index (χ1n) is 4.42. The van der Waals surface area contributed by atoms with Crippen LogP contribution in [0.3, 0.4) is 0 Å². The quantitative estimate of drug-likeness (QED) is 0.604. The molecule has 0 fully saturated rings. The fraction of sp³-hybridized carbons (Fsp3) is 0.273. The third kappa shape index (κ3) is 3.15. The van der Waals surface area contributed by atoms with Gasteiger partial charge in [-0.2, -0.15) is 0 Å². The van der Waals surface area contributed by atoms with Crippen LogP contribution < -0.4 is 0 Å². The van der Waals surface area contributed by atoms with Gasteiger partial charge in [0.05, 0.1) is 0 Å². The Balaban J connectivity index is 0.000000293. The molecule has 0 N–H and O–H groups in total. The summed E-state index contributed by atoms with van der Waals surface area (Å²) in [5, 5.41) is 0. The zero-order valence-corrected chi connectivity index (χ0v) is 13.9. The van der Waals surface area contributed by atoms with Crippen molar-refractivity contribution in [1.29, 1.82) is 0 Å². The molecule has 0 aromatic heterocycles. The Morgan fingerprint density at radius 3 is 2.29 bits per heavy atom. The van der Waals surface area contributed by atoms with E-state index in [0.29, 0.717) is 0 Å². The van der Waals surface area contributed by atoms with Gasteiger partial charge in [-0.25, -0.2) is 0 Å². The minimum atomic E-state index is -0.145. The van der Waals surface area contributed by atoms with Crippen LogP contribution in [-0.2, 0) is 25.0 Å². The van der Waals surface area contributed by atoms with Gasteiger partial charge >= 0.3 is 43.0 Å². The molecule has 0 amide bonds. The van der Waals surface area contributed by atoms with E-state index in [4.69, 9.17) is 0 Å². The molecule has 0 saturated heterocycles. The summed E-state index contributed by atoms with van der Waals surface area (Å²) in [4.78, 5) is 0. The van der Waals surface area contributed by atoms with E-state index in [2.05, 4.69) is 62.6 Å². The van der Waals surface area contributed by atoms with E-state index in [1.165, 1.54) is 22.3 Å². The van der Waals surface area contributed by atoms with Crippen molar-refractivity contribution >= 4 is 30.5 Å². The third-order valence-electron chi connectivity index (χ3n) is 2.42. The summed E-state index contributed by atoms with van der Waals surface area (Å²) in [5.74, 6) is 0. The zero-order chi connectivity index (χ0) is 10.6. The molecule has 0 radical (unpaired) electrons. The Morgan fingerprint density at radius 1 is 1.14 bits per heavy atom. The van der Waals surface area contributed by atoms with Gasteiger partial charge in [0, 0.05) is 0 Å². The molecule has 1 aliphatic rings. The van der Waals surface area contributed by atoms with Crippen molar-refractivity contribution in [2.24, 2.45) is 0 Å². The number of allylic oxidation sites excluding steroid dienone is 1. The van der Waals surface area contributed by atoms with Gasteiger partial charge in [0.15, 0.2) is 0 Å². The second kappa shape index (κ2) is 6.40. The average Bonchev–Trinajstić information content (AvgIpc) is 2.62. The molecular formula is C11H12Br2Zr. The van der Waals surface area contributed by atoms with Crippen LogP contribution in [0.15, 0.2) is 18.2 Å². The van der Waals surface area contributed by atoms with Gasteiger partial charge in [0.25, 0.3) is 0 Å². The standard InChI is InChI=1S/C11H12.2BrH.Zr/c1-8-6-7-9(2)11-5-3-4-10(8)11;;;/h3-4,6-7H,5H2,1-2H3;2*1H;/q;;;+2/p-2. The van der Waals surface area contributed by atoms with Gasteiger partial charge in [-0.1, -0.05) is 24.3 Å². The summed E-state index contributed by atoms with van der Waals surface area (Å²) < 4.78 is 0. The fourth-order valence-electron chi connectivity index (χ4n) is 1.69. The summed E-state index contributed by atoms with van der Waals surface area (Å²) in [5.41, 5.74) is 5.80. The van der Waals surface area contributed by atoms with Crippen LogP contribution >= 0.6 is 24.4 Å². The second-order valence-electron chi connectivity index (χ2n) is 3.27. The van der Waals surface area contributed by atoms with Crippen LogP contribution in [0.1, 0.15) is 22.3 Å². The molecular weight excluding hydrogens is 383 g/mol. The van der Waals surface area contributed by atoms with E-state index in [9.17, 15) is 0 Å². The first-order valence-corrected chi connectivity index (χ1v) is 15.7. The molecule has 74 valence electrons. The van der Waals surface area contributed by atoms with Crippen LogP contribution in [0, 0.1) is 13.8 Å². The van der Waals surface area contributed by atoms with Crippen LogP contribution in [0.2, 0.25) is 0 Å². The maximum absolute atomic E-state index is 3.23. The average molecular weight is 395 g/mol. The van der Waals surface area contributed by atoms with E-state index in [1.807, 2.05) is 0 Å². The molecule has 1 aromatic rings. The second-order valence-corrected chi connectivity index (χ2v) is 14.6. The summed E-state index contributed by atoms with van der Waals surface area (Å²) in [6, 6.07) is 4.41. The number of hydrogen-bond acceptors (Lipinski definition) is 0. The van der Waals surface area contributed by atoms with E-state index < -0.39 is 0 Å². The maximum atomic E-state index is 3.23. The molecule has 14 heavy (non-hydrogen) atoms. The Labute approximate surface area is 109 Å². The van der Waals surface area contributed by atoms with Gasteiger partial charge in [-0.3, -0.25) is 0 Å². The Bertz CT molecular complexity index is 345. The molecule has 0 heterocycles. The molecule has 0 bridgehead atoms. The molecule has 0 atom stereocenters. The van der Waals surface area contributed by atoms with E-state index in [0.717, 1.165) is 6.42 Å². The van der Waals surface area contributed by atoms with Crippen molar-refractivity contribution in [2.45, 2.75) is 20.3 Å². The zero-order valence-electron chi connectivity index (χ0n) is 8.27. The molecule has 0 spiro atoms. The molecule has 0 aliphatic heterocycles. The molecule has 1 aromatic carbocycles. The number of aryl methyl sites for hydroxylation is 2. The number of halogens is 2. The monoisotopic (exact) mass is 392 g/mol. The Kier molecular flexibility index (Phi) is 5.88. The van der Waals surface area contributed by atoms with Gasteiger partial charge in [-0.15, -0.1) is 0 Å². The number of fused-ring (bicyclic) bond motifs is 1. The van der Waals surface area contributed by atoms with Crippen molar-refractivity contribution in [3.63, 3.8) is 0 Å². The first-order chi connectivity index (χ1) is 6.70. The van der Waals surface area contributed by atoms with Crippen LogP contribution in [0.4, 0.5) is 0 Å². The van der Waals surface area contributed by atoms with Gasteiger partial charge in [0.1, 0.15) is 0 Å². The Morgan fingerprint density at radius 2 is 1.71 bits per heavy atom. The number of rotatable bonds is 0. The van der Waals surface area contributed by atoms with Crippen molar-refractivity contribution in [1.82, 2.24) is 0 Å². The van der Waals surface area contributed by atoms with Crippen molar-refractivity contribution in [2.75, 3.05) is 0 Å². The van der Waals surface area contributed by atoms with Crippen molar-refractivity contribution < 1.29 is 18.5 Å². The van der Waals surface area contributed by atoms with E-state index in [1.54, 1.807) is 0 Å². The van der Waals surface area contributed by atoms with E-state index >= 15 is 0 Å². The predicted molar refractivity (Wildman–Crippen MR) is 66.5 cm³/mol. The summed E-state index contributed by atoms with van der Waals surface area (Å²) in [6.07, 6.45) is 5.60. The molecule has 0 saturated carbocycles. The van der Waals surface area contributed by atoms with Crippen LogP contribution in [0.25, 0.3) is 6.08 Å².